The highest BCUT2D eigenvalue weighted by atomic mass is 19.1. The van der Waals surface area contributed by atoms with Gasteiger partial charge in [-0.2, -0.15) is 0 Å². The van der Waals surface area contributed by atoms with Gasteiger partial charge in [-0.3, -0.25) is 4.98 Å². The predicted octanol–water partition coefficient (Wildman–Crippen LogP) is 2.51. The van der Waals surface area contributed by atoms with Crippen LogP contribution in [0.1, 0.15) is 17.2 Å². The number of nitrogens with zero attached hydrogens (tertiary/aromatic N) is 1. The number of benzene rings is 1. The van der Waals surface area contributed by atoms with Crippen LogP contribution in [0.5, 0.6) is 5.75 Å². The van der Waals surface area contributed by atoms with Crippen molar-refractivity contribution < 1.29 is 14.2 Å². The molecule has 94 valence electrons. The molecule has 18 heavy (non-hydrogen) atoms. The zero-order chi connectivity index (χ0) is 13.0. The molecule has 0 saturated carbocycles. The van der Waals surface area contributed by atoms with Crippen molar-refractivity contribution in [2.45, 2.75) is 12.5 Å². The van der Waals surface area contributed by atoms with Crippen molar-refractivity contribution in [2.75, 3.05) is 7.11 Å². The van der Waals surface area contributed by atoms with Gasteiger partial charge in [-0.25, -0.2) is 4.39 Å². The summed E-state index contributed by atoms with van der Waals surface area (Å²) in [5, 5.41) is 10.1. The van der Waals surface area contributed by atoms with Gasteiger partial charge in [-0.1, -0.05) is 18.2 Å². The van der Waals surface area contributed by atoms with Crippen molar-refractivity contribution in [3.63, 3.8) is 0 Å². The van der Waals surface area contributed by atoms with E-state index in [1.807, 2.05) is 0 Å². The number of aliphatic hydroxyl groups is 1. The highest BCUT2D eigenvalue weighted by Gasteiger charge is 2.12. The maximum Gasteiger partial charge on any atom is 0.137 e. The van der Waals surface area contributed by atoms with Crippen molar-refractivity contribution in [3.05, 3.63) is 59.7 Å². The number of rotatable bonds is 4. The SMILES string of the molecule is COc1cncc(C(O)Cc2ccccc2F)c1. The van der Waals surface area contributed by atoms with Crippen LogP contribution in [0.25, 0.3) is 0 Å². The molecule has 0 spiro atoms. The Bertz CT molecular complexity index is 531. The molecule has 2 aromatic rings. The number of pyridine rings is 1. The van der Waals surface area contributed by atoms with Gasteiger partial charge in [-0.05, 0) is 17.7 Å². The largest absolute Gasteiger partial charge is 0.495 e. The van der Waals surface area contributed by atoms with Gasteiger partial charge in [0.1, 0.15) is 11.6 Å². The fourth-order valence-corrected chi connectivity index (χ4v) is 1.72. The second-order valence-corrected chi connectivity index (χ2v) is 3.97. The monoisotopic (exact) mass is 247 g/mol. The minimum atomic E-state index is -0.801. The van der Waals surface area contributed by atoms with E-state index < -0.39 is 6.10 Å². The first-order valence-corrected chi connectivity index (χ1v) is 5.61. The summed E-state index contributed by atoms with van der Waals surface area (Å²) in [5.41, 5.74) is 1.09. The zero-order valence-corrected chi connectivity index (χ0v) is 10.0. The molecule has 0 saturated heterocycles. The Balaban J connectivity index is 2.16. The Kier molecular flexibility index (Phi) is 3.89. The van der Waals surface area contributed by atoms with E-state index in [2.05, 4.69) is 4.98 Å². The maximum absolute atomic E-state index is 13.5. The molecule has 0 bridgehead atoms. The smallest absolute Gasteiger partial charge is 0.137 e. The van der Waals surface area contributed by atoms with Gasteiger partial charge in [0.15, 0.2) is 0 Å². The average Bonchev–Trinajstić information content (AvgIpc) is 2.41. The third-order valence-electron chi connectivity index (χ3n) is 2.73. The second kappa shape index (κ2) is 5.60. The van der Waals surface area contributed by atoms with Crippen LogP contribution in [-0.2, 0) is 6.42 Å². The first kappa shape index (κ1) is 12.5. The van der Waals surface area contributed by atoms with Gasteiger partial charge < -0.3 is 9.84 Å². The summed E-state index contributed by atoms with van der Waals surface area (Å²) < 4.78 is 18.5. The fraction of sp³-hybridized carbons (Fsp3) is 0.214. The number of aromatic nitrogens is 1. The van der Waals surface area contributed by atoms with E-state index in [0.717, 1.165) is 0 Å². The number of hydrogen-bond donors (Lipinski definition) is 1. The van der Waals surface area contributed by atoms with Crippen LogP contribution >= 0.6 is 0 Å². The van der Waals surface area contributed by atoms with Crippen LogP contribution in [-0.4, -0.2) is 17.2 Å². The van der Waals surface area contributed by atoms with E-state index in [0.29, 0.717) is 16.9 Å². The molecule has 1 unspecified atom stereocenters. The van der Waals surface area contributed by atoms with Crippen molar-refractivity contribution >= 4 is 0 Å². The van der Waals surface area contributed by atoms with Crippen molar-refractivity contribution in [2.24, 2.45) is 0 Å². The fourth-order valence-electron chi connectivity index (χ4n) is 1.72. The number of halogens is 1. The Morgan fingerprint density at radius 2 is 2.11 bits per heavy atom. The summed E-state index contributed by atoms with van der Waals surface area (Å²) in [6.07, 6.45) is 2.51. The lowest BCUT2D eigenvalue weighted by Gasteiger charge is -2.12. The number of hydrogen-bond acceptors (Lipinski definition) is 3. The summed E-state index contributed by atoms with van der Waals surface area (Å²) in [7, 11) is 1.53. The molecule has 0 aliphatic carbocycles. The summed E-state index contributed by atoms with van der Waals surface area (Å²) in [6.45, 7) is 0. The Morgan fingerprint density at radius 1 is 1.33 bits per heavy atom. The van der Waals surface area contributed by atoms with Crippen molar-refractivity contribution in [1.82, 2.24) is 4.98 Å². The average molecular weight is 247 g/mol. The maximum atomic E-state index is 13.5. The van der Waals surface area contributed by atoms with Crippen LogP contribution < -0.4 is 4.74 Å². The number of ether oxygens (including phenoxy) is 1. The van der Waals surface area contributed by atoms with Crippen LogP contribution in [0.4, 0.5) is 4.39 Å². The van der Waals surface area contributed by atoms with Gasteiger partial charge in [0.25, 0.3) is 0 Å². The second-order valence-electron chi connectivity index (χ2n) is 3.97. The van der Waals surface area contributed by atoms with Gasteiger partial charge in [0.05, 0.1) is 19.4 Å². The first-order chi connectivity index (χ1) is 8.70. The minimum absolute atomic E-state index is 0.210. The zero-order valence-electron chi connectivity index (χ0n) is 10.0. The molecule has 1 aromatic carbocycles. The van der Waals surface area contributed by atoms with Gasteiger partial charge in [-0.15, -0.1) is 0 Å². The first-order valence-electron chi connectivity index (χ1n) is 5.61. The van der Waals surface area contributed by atoms with E-state index in [1.54, 1.807) is 36.7 Å². The normalized spacial score (nSPS) is 12.2. The Labute approximate surface area is 105 Å². The van der Waals surface area contributed by atoms with E-state index in [-0.39, 0.29) is 12.2 Å². The van der Waals surface area contributed by atoms with E-state index >= 15 is 0 Å². The highest BCUT2D eigenvalue weighted by molar-refractivity contribution is 5.27. The van der Waals surface area contributed by atoms with Gasteiger partial charge >= 0.3 is 0 Å². The third-order valence-corrected chi connectivity index (χ3v) is 2.73. The Morgan fingerprint density at radius 3 is 2.83 bits per heavy atom. The summed E-state index contributed by atoms with van der Waals surface area (Å²) in [4.78, 5) is 3.96. The molecule has 0 amide bonds. The quantitative estimate of drug-likeness (QED) is 0.902. The lowest BCUT2D eigenvalue weighted by atomic mass is 10.0. The minimum Gasteiger partial charge on any atom is -0.495 e. The molecule has 1 aromatic heterocycles. The molecular weight excluding hydrogens is 233 g/mol. The number of methoxy groups -OCH3 is 1. The van der Waals surface area contributed by atoms with Crippen LogP contribution in [0, 0.1) is 5.82 Å². The lowest BCUT2D eigenvalue weighted by molar-refractivity contribution is 0.176. The lowest BCUT2D eigenvalue weighted by Crippen LogP contribution is -2.04. The molecule has 0 fully saturated rings. The van der Waals surface area contributed by atoms with Crippen molar-refractivity contribution in [3.8, 4) is 5.75 Å². The molecule has 2 rings (SSSR count). The summed E-state index contributed by atoms with van der Waals surface area (Å²) in [5.74, 6) is 0.257. The molecule has 1 heterocycles. The van der Waals surface area contributed by atoms with Crippen LogP contribution in [0.3, 0.4) is 0 Å². The van der Waals surface area contributed by atoms with Gasteiger partial charge in [0.2, 0.25) is 0 Å². The summed E-state index contributed by atoms with van der Waals surface area (Å²) >= 11 is 0. The predicted molar refractivity (Wildman–Crippen MR) is 65.9 cm³/mol. The highest BCUT2D eigenvalue weighted by Crippen LogP contribution is 2.22. The third kappa shape index (κ3) is 2.84. The molecular formula is C14H14FNO2. The topological polar surface area (TPSA) is 42.4 Å². The molecule has 4 heteroatoms. The van der Waals surface area contributed by atoms with Crippen LogP contribution in [0.2, 0.25) is 0 Å². The Hall–Kier alpha value is -1.94. The molecule has 1 atom stereocenters. The van der Waals surface area contributed by atoms with E-state index in [4.69, 9.17) is 4.74 Å². The molecule has 0 aliphatic rings. The molecule has 1 N–H and O–H groups in total. The molecule has 0 aliphatic heterocycles. The van der Waals surface area contributed by atoms with Gasteiger partial charge in [0, 0.05) is 18.2 Å². The van der Waals surface area contributed by atoms with Crippen LogP contribution in [0.15, 0.2) is 42.7 Å². The summed E-state index contributed by atoms with van der Waals surface area (Å²) in [6, 6.07) is 8.10. The van der Waals surface area contributed by atoms with E-state index in [1.165, 1.54) is 13.2 Å². The van der Waals surface area contributed by atoms with E-state index in [9.17, 15) is 9.50 Å². The molecule has 3 nitrogen and oxygen atoms in total. The standard InChI is InChI=1S/C14H14FNO2/c1-18-12-6-11(8-16-9-12)14(17)7-10-4-2-3-5-13(10)15/h2-6,8-9,14,17H,7H2,1H3. The molecule has 0 radical (unpaired) electrons. The van der Waals surface area contributed by atoms with Crippen molar-refractivity contribution in [1.29, 1.82) is 0 Å². The number of aliphatic hydroxyl groups excluding tert-OH is 1.